The van der Waals surface area contributed by atoms with Crippen LogP contribution in [0.3, 0.4) is 0 Å². The summed E-state index contributed by atoms with van der Waals surface area (Å²) in [4.78, 5) is 23.7. The second-order valence-corrected chi connectivity index (χ2v) is 7.39. The number of hydrogen-bond acceptors (Lipinski definition) is 3. The number of rotatable bonds is 3. The average molecular weight is 266 g/mol. The summed E-state index contributed by atoms with van der Waals surface area (Å²) in [5.41, 5.74) is 0.0286. The molecule has 2 aliphatic rings. The second-order valence-electron chi connectivity index (χ2n) is 7.39. The highest BCUT2D eigenvalue weighted by Gasteiger charge is 2.73. The first-order valence-electron chi connectivity index (χ1n) is 7.27. The van der Waals surface area contributed by atoms with Crippen LogP contribution in [0.4, 0.5) is 0 Å². The molecule has 0 aromatic carbocycles. The Morgan fingerprint density at radius 2 is 1.84 bits per heavy atom. The molecule has 0 aliphatic heterocycles. The third-order valence-electron chi connectivity index (χ3n) is 6.03. The van der Waals surface area contributed by atoms with E-state index in [0.717, 1.165) is 25.7 Å². The molecule has 0 heterocycles. The molecule has 0 aromatic rings. The van der Waals surface area contributed by atoms with Gasteiger partial charge in [0.25, 0.3) is 0 Å². The van der Waals surface area contributed by atoms with E-state index >= 15 is 0 Å². The van der Waals surface area contributed by atoms with Crippen LogP contribution < -0.4 is 0 Å². The Kier molecular flexibility index (Phi) is 3.31. The summed E-state index contributed by atoms with van der Waals surface area (Å²) >= 11 is 0. The molecule has 0 N–H and O–H groups in total. The Morgan fingerprint density at radius 1 is 1.21 bits per heavy atom. The summed E-state index contributed by atoms with van der Waals surface area (Å²) < 4.78 is 4.88. The smallest absolute Gasteiger partial charge is 0.306 e. The molecule has 3 heteroatoms. The van der Waals surface area contributed by atoms with Gasteiger partial charge in [-0.3, -0.25) is 9.59 Å². The molecule has 108 valence electrons. The fraction of sp³-hybridized carbons (Fsp3) is 0.875. The number of esters is 1. The zero-order valence-corrected chi connectivity index (χ0v) is 12.8. The maximum Gasteiger partial charge on any atom is 0.306 e. The Labute approximate surface area is 116 Å². The van der Waals surface area contributed by atoms with E-state index in [2.05, 4.69) is 20.8 Å². The summed E-state index contributed by atoms with van der Waals surface area (Å²) in [7, 11) is 1.45. The van der Waals surface area contributed by atoms with E-state index in [4.69, 9.17) is 4.74 Å². The fourth-order valence-corrected chi connectivity index (χ4v) is 4.99. The molecule has 19 heavy (non-hydrogen) atoms. The molecular formula is C16H26O3. The monoisotopic (exact) mass is 266 g/mol. The first-order valence-corrected chi connectivity index (χ1v) is 7.27. The summed E-state index contributed by atoms with van der Waals surface area (Å²) in [6.07, 6.45) is 4.69. The highest BCUT2D eigenvalue weighted by Crippen LogP contribution is 2.77. The van der Waals surface area contributed by atoms with Gasteiger partial charge >= 0.3 is 5.97 Å². The molecule has 0 amide bonds. The Hall–Kier alpha value is -0.860. The van der Waals surface area contributed by atoms with Crippen molar-refractivity contribution in [3.05, 3.63) is 0 Å². The zero-order valence-electron chi connectivity index (χ0n) is 12.8. The van der Waals surface area contributed by atoms with Gasteiger partial charge in [0.05, 0.1) is 13.5 Å². The summed E-state index contributed by atoms with van der Waals surface area (Å²) in [5.74, 6) is 0.275. The highest BCUT2D eigenvalue weighted by molar-refractivity contribution is 5.83. The standard InChI is InChI=1S/C16H26O3/c1-11(17)12-9-16(12)14(2,3)7-6-8-15(16,4)10-13(18)19-5/h12H,6-10H2,1-5H3/t12-,15+,16-/m0/s1. The number of ketones is 1. The van der Waals surface area contributed by atoms with E-state index < -0.39 is 0 Å². The second kappa shape index (κ2) is 4.32. The summed E-state index contributed by atoms with van der Waals surface area (Å²) in [6, 6.07) is 0. The molecule has 2 saturated carbocycles. The van der Waals surface area contributed by atoms with Gasteiger partial charge in [0, 0.05) is 5.92 Å². The lowest BCUT2D eigenvalue weighted by Gasteiger charge is -2.52. The SMILES string of the molecule is COC(=O)C[C@@]1(C)CCCC(C)(C)[C@@]12C[C@H]2C(C)=O. The van der Waals surface area contributed by atoms with Gasteiger partial charge < -0.3 is 4.74 Å². The van der Waals surface area contributed by atoms with Gasteiger partial charge in [0.2, 0.25) is 0 Å². The number of Topliss-reactive ketones (excluding diaryl/α,β-unsaturated/α-hetero) is 1. The lowest BCUT2D eigenvalue weighted by molar-refractivity contribution is -0.149. The minimum Gasteiger partial charge on any atom is -0.469 e. The molecule has 2 rings (SSSR count). The maximum atomic E-state index is 11.9. The predicted molar refractivity (Wildman–Crippen MR) is 73.6 cm³/mol. The van der Waals surface area contributed by atoms with E-state index in [1.54, 1.807) is 6.92 Å². The van der Waals surface area contributed by atoms with Gasteiger partial charge in [0.15, 0.2) is 0 Å². The van der Waals surface area contributed by atoms with Gasteiger partial charge in [-0.05, 0) is 42.4 Å². The van der Waals surface area contributed by atoms with Crippen molar-refractivity contribution < 1.29 is 14.3 Å². The van der Waals surface area contributed by atoms with Crippen molar-refractivity contribution in [2.45, 2.75) is 59.8 Å². The van der Waals surface area contributed by atoms with Crippen molar-refractivity contribution in [2.75, 3.05) is 7.11 Å². The molecule has 3 atom stereocenters. The van der Waals surface area contributed by atoms with Crippen molar-refractivity contribution in [1.29, 1.82) is 0 Å². The Morgan fingerprint density at radius 3 is 2.32 bits per heavy atom. The van der Waals surface area contributed by atoms with Gasteiger partial charge in [-0.1, -0.05) is 27.2 Å². The highest BCUT2D eigenvalue weighted by atomic mass is 16.5. The quantitative estimate of drug-likeness (QED) is 0.736. The number of hydrogen-bond donors (Lipinski definition) is 0. The van der Waals surface area contributed by atoms with Crippen LogP contribution in [0, 0.1) is 22.2 Å². The Bertz CT molecular complexity index is 412. The van der Waals surface area contributed by atoms with Crippen LogP contribution in [0.2, 0.25) is 0 Å². The zero-order chi connectivity index (χ0) is 14.5. The van der Waals surface area contributed by atoms with Crippen LogP contribution in [0.5, 0.6) is 0 Å². The minimum absolute atomic E-state index is 0.00171. The average Bonchev–Trinajstić information content (AvgIpc) is 3.04. The number of ether oxygens (including phenoxy) is 1. The van der Waals surface area contributed by atoms with Crippen LogP contribution in [-0.4, -0.2) is 18.9 Å². The number of methoxy groups -OCH3 is 1. The largest absolute Gasteiger partial charge is 0.469 e. The maximum absolute atomic E-state index is 11.9. The normalized spacial score (nSPS) is 39.9. The lowest BCUT2D eigenvalue weighted by Crippen LogP contribution is -2.47. The topological polar surface area (TPSA) is 43.4 Å². The predicted octanol–water partition coefficient (Wildman–Crippen LogP) is 3.36. The first-order chi connectivity index (χ1) is 8.70. The van der Waals surface area contributed by atoms with Crippen LogP contribution in [0.25, 0.3) is 0 Å². The molecule has 2 aliphatic carbocycles. The van der Waals surface area contributed by atoms with E-state index in [1.165, 1.54) is 7.11 Å². The van der Waals surface area contributed by atoms with Crippen LogP contribution in [0.15, 0.2) is 0 Å². The van der Waals surface area contributed by atoms with Crippen LogP contribution in [-0.2, 0) is 14.3 Å². The van der Waals surface area contributed by atoms with Crippen molar-refractivity contribution in [2.24, 2.45) is 22.2 Å². The summed E-state index contributed by atoms with van der Waals surface area (Å²) in [6.45, 7) is 8.42. The molecule has 0 radical (unpaired) electrons. The van der Waals surface area contributed by atoms with Crippen molar-refractivity contribution in [3.8, 4) is 0 Å². The van der Waals surface area contributed by atoms with E-state index in [-0.39, 0.29) is 33.9 Å². The van der Waals surface area contributed by atoms with E-state index in [9.17, 15) is 9.59 Å². The lowest BCUT2D eigenvalue weighted by atomic mass is 9.51. The van der Waals surface area contributed by atoms with Crippen LogP contribution >= 0.6 is 0 Å². The fourth-order valence-electron chi connectivity index (χ4n) is 4.99. The van der Waals surface area contributed by atoms with Gasteiger partial charge in [-0.2, -0.15) is 0 Å². The first kappa shape index (κ1) is 14.5. The molecule has 1 spiro atoms. The van der Waals surface area contributed by atoms with Crippen molar-refractivity contribution in [1.82, 2.24) is 0 Å². The number of carbonyl (C=O) groups excluding carboxylic acids is 2. The Balaban J connectivity index is 2.36. The third-order valence-corrected chi connectivity index (χ3v) is 6.03. The number of carbonyl (C=O) groups is 2. The summed E-state index contributed by atoms with van der Waals surface area (Å²) in [5, 5.41) is 0. The molecular weight excluding hydrogens is 240 g/mol. The molecule has 0 saturated heterocycles. The minimum atomic E-state index is -0.145. The van der Waals surface area contributed by atoms with Crippen molar-refractivity contribution in [3.63, 3.8) is 0 Å². The van der Waals surface area contributed by atoms with E-state index in [1.807, 2.05) is 0 Å². The van der Waals surface area contributed by atoms with Gasteiger partial charge in [-0.25, -0.2) is 0 Å². The molecule has 0 aromatic heterocycles. The van der Waals surface area contributed by atoms with Crippen molar-refractivity contribution >= 4 is 11.8 Å². The van der Waals surface area contributed by atoms with Gasteiger partial charge in [-0.15, -0.1) is 0 Å². The molecule has 0 unspecified atom stereocenters. The molecule has 3 nitrogen and oxygen atoms in total. The van der Waals surface area contributed by atoms with E-state index in [0.29, 0.717) is 6.42 Å². The third kappa shape index (κ3) is 1.93. The van der Waals surface area contributed by atoms with Gasteiger partial charge in [0.1, 0.15) is 5.78 Å². The van der Waals surface area contributed by atoms with Crippen LogP contribution in [0.1, 0.15) is 59.8 Å². The molecule has 2 fully saturated rings. The molecule has 0 bridgehead atoms.